The van der Waals surface area contributed by atoms with Crippen LogP contribution in [0.5, 0.6) is 0 Å². The Morgan fingerprint density at radius 3 is 1.92 bits per heavy atom. The number of nitrogens with zero attached hydrogens (tertiary/aromatic N) is 4. The Kier molecular flexibility index (Phi) is 6.38. The van der Waals surface area contributed by atoms with Gasteiger partial charge in [0.05, 0.1) is 11.0 Å². The zero-order chi connectivity index (χ0) is 33.5. The van der Waals surface area contributed by atoms with E-state index >= 15 is 0 Å². The number of benzene rings is 6. The van der Waals surface area contributed by atoms with Crippen LogP contribution in [-0.2, 0) is 6.42 Å². The summed E-state index contributed by atoms with van der Waals surface area (Å²) in [6.07, 6.45) is 6.82. The number of thiophene rings is 2. The van der Waals surface area contributed by atoms with Crippen LogP contribution in [-0.4, -0.2) is 19.5 Å². The molecule has 0 aliphatic heterocycles. The summed E-state index contributed by atoms with van der Waals surface area (Å²) < 4.78 is 6.35. The fourth-order valence-corrected chi connectivity index (χ4v) is 10.1. The molecule has 4 aromatic heterocycles. The third kappa shape index (κ3) is 4.54. The summed E-state index contributed by atoms with van der Waals surface area (Å²) in [5.41, 5.74) is 8.16. The van der Waals surface area contributed by atoms with Crippen LogP contribution < -0.4 is 0 Å². The van der Waals surface area contributed by atoms with Crippen molar-refractivity contribution in [2.75, 3.05) is 0 Å². The predicted molar refractivity (Wildman–Crippen MR) is 216 cm³/mol. The lowest BCUT2D eigenvalue weighted by molar-refractivity contribution is 1.01. The first-order valence-corrected chi connectivity index (χ1v) is 18.9. The summed E-state index contributed by atoms with van der Waals surface area (Å²) in [6.45, 7) is 0. The first-order chi connectivity index (χ1) is 25.3. The van der Waals surface area contributed by atoms with Crippen LogP contribution in [0.1, 0.15) is 16.9 Å². The van der Waals surface area contributed by atoms with Gasteiger partial charge in [-0.25, -0.2) is 15.0 Å². The molecule has 240 valence electrons. The normalized spacial score (nSPS) is 12.9. The quantitative estimate of drug-likeness (QED) is 0.185. The average Bonchev–Trinajstić information content (AvgIpc) is 3.87. The van der Waals surface area contributed by atoms with Gasteiger partial charge in [-0.15, -0.1) is 22.7 Å². The van der Waals surface area contributed by atoms with Gasteiger partial charge in [0.25, 0.3) is 0 Å². The molecule has 4 nitrogen and oxygen atoms in total. The molecule has 0 atom stereocenters. The van der Waals surface area contributed by atoms with Crippen molar-refractivity contribution in [3.8, 4) is 39.9 Å². The maximum absolute atomic E-state index is 4.99. The molecule has 1 aliphatic rings. The topological polar surface area (TPSA) is 43.6 Å². The molecule has 0 radical (unpaired) electrons. The van der Waals surface area contributed by atoms with Gasteiger partial charge in [-0.05, 0) is 54.8 Å². The minimum atomic E-state index is 0.670. The van der Waals surface area contributed by atoms with Crippen LogP contribution >= 0.6 is 22.7 Å². The molecule has 0 fully saturated rings. The van der Waals surface area contributed by atoms with Gasteiger partial charge in [-0.1, -0.05) is 109 Å². The Balaban J connectivity index is 1.09. The monoisotopic (exact) mass is 688 g/mol. The second-order valence-electron chi connectivity index (χ2n) is 13.1. The van der Waals surface area contributed by atoms with E-state index in [1.165, 1.54) is 68.2 Å². The van der Waals surface area contributed by atoms with Gasteiger partial charge in [0.2, 0.25) is 0 Å². The van der Waals surface area contributed by atoms with Gasteiger partial charge in [0.1, 0.15) is 0 Å². The highest BCUT2D eigenvalue weighted by Crippen LogP contribution is 2.45. The molecule has 10 aromatic rings. The van der Waals surface area contributed by atoms with E-state index in [0.717, 1.165) is 29.5 Å². The fraction of sp³-hybridized carbons (Fsp3) is 0.0444. The Morgan fingerprint density at radius 1 is 0.510 bits per heavy atom. The summed E-state index contributed by atoms with van der Waals surface area (Å²) in [4.78, 5) is 16.3. The number of aromatic nitrogens is 4. The Labute approximate surface area is 301 Å². The highest BCUT2D eigenvalue weighted by Gasteiger charge is 2.21. The van der Waals surface area contributed by atoms with Crippen molar-refractivity contribution in [1.29, 1.82) is 0 Å². The number of hydrogen-bond acceptors (Lipinski definition) is 5. The number of allylic oxidation sites excluding steroid dienone is 1. The second-order valence-corrected chi connectivity index (χ2v) is 15.3. The van der Waals surface area contributed by atoms with E-state index < -0.39 is 0 Å². The fourth-order valence-electron chi connectivity index (χ4n) is 7.77. The van der Waals surface area contributed by atoms with Crippen molar-refractivity contribution >= 4 is 80.8 Å². The summed E-state index contributed by atoms with van der Waals surface area (Å²) in [5.74, 6) is 2.01. The Hall–Kier alpha value is -5.95. The first kappa shape index (κ1) is 28.8. The lowest BCUT2D eigenvalue weighted by atomic mass is 9.99. The van der Waals surface area contributed by atoms with Gasteiger partial charge in [0, 0.05) is 68.3 Å². The minimum absolute atomic E-state index is 0.670. The summed E-state index contributed by atoms with van der Waals surface area (Å²) >= 11 is 3.75. The molecule has 0 N–H and O–H groups in total. The molecule has 0 unspecified atom stereocenters. The molecule has 0 bridgehead atoms. The van der Waals surface area contributed by atoms with Crippen LogP contribution in [0.4, 0.5) is 0 Å². The largest absolute Gasteiger partial charge is 0.309 e. The standard InChI is InChI=1S/C45H28N4S2/c1-3-11-27(12-4-1)43-46-44(28-13-5-2-6-14-28)48-45(47-43)29-19-21-32-33-22-20-30(26-40(33)51-39(32)25-29)49-36-17-9-7-15-31(36)34-23-24-38-41(42(34)49)35-16-8-10-18-37(35)50-38/h1-7,9-15,17-26H,8,16H2. The van der Waals surface area contributed by atoms with Crippen molar-refractivity contribution in [2.45, 2.75) is 12.8 Å². The van der Waals surface area contributed by atoms with E-state index in [1.807, 2.05) is 83.3 Å². The average molecular weight is 689 g/mol. The number of aryl methyl sites for hydroxylation is 1. The third-order valence-electron chi connectivity index (χ3n) is 10.1. The highest BCUT2D eigenvalue weighted by atomic mass is 32.1. The van der Waals surface area contributed by atoms with E-state index in [0.29, 0.717) is 17.5 Å². The van der Waals surface area contributed by atoms with Crippen LogP contribution in [0, 0.1) is 0 Å². The lowest BCUT2D eigenvalue weighted by Crippen LogP contribution is -1.99. The van der Waals surface area contributed by atoms with E-state index in [2.05, 4.69) is 89.5 Å². The van der Waals surface area contributed by atoms with Crippen molar-refractivity contribution in [3.05, 3.63) is 150 Å². The Bertz CT molecular complexity index is 2970. The van der Waals surface area contributed by atoms with Gasteiger partial charge in [-0.3, -0.25) is 0 Å². The van der Waals surface area contributed by atoms with Crippen molar-refractivity contribution in [2.24, 2.45) is 0 Å². The molecule has 0 saturated carbocycles. The van der Waals surface area contributed by atoms with Gasteiger partial charge in [-0.2, -0.15) is 0 Å². The van der Waals surface area contributed by atoms with Gasteiger partial charge in [0.15, 0.2) is 17.5 Å². The predicted octanol–water partition coefficient (Wildman–Crippen LogP) is 12.5. The lowest BCUT2D eigenvalue weighted by Gasteiger charge is -2.11. The maximum Gasteiger partial charge on any atom is 0.164 e. The van der Waals surface area contributed by atoms with E-state index in [1.54, 1.807) is 0 Å². The van der Waals surface area contributed by atoms with Crippen LogP contribution in [0.2, 0.25) is 0 Å². The molecule has 6 heteroatoms. The molecule has 6 aromatic carbocycles. The highest BCUT2D eigenvalue weighted by molar-refractivity contribution is 7.25. The number of fused-ring (bicyclic) bond motifs is 10. The summed E-state index contributed by atoms with van der Waals surface area (Å²) in [6, 6.07) is 47.4. The molecule has 1 aliphatic carbocycles. The molecule has 0 spiro atoms. The van der Waals surface area contributed by atoms with E-state index in [-0.39, 0.29) is 0 Å². The summed E-state index contributed by atoms with van der Waals surface area (Å²) in [5, 5.41) is 6.53. The van der Waals surface area contributed by atoms with Crippen molar-refractivity contribution in [3.63, 3.8) is 0 Å². The van der Waals surface area contributed by atoms with Crippen molar-refractivity contribution in [1.82, 2.24) is 19.5 Å². The summed E-state index contributed by atoms with van der Waals surface area (Å²) in [7, 11) is 0. The minimum Gasteiger partial charge on any atom is -0.309 e. The van der Waals surface area contributed by atoms with E-state index in [9.17, 15) is 0 Å². The molecular weight excluding hydrogens is 661 g/mol. The molecular formula is C45H28N4S2. The zero-order valence-electron chi connectivity index (χ0n) is 27.4. The second kappa shape index (κ2) is 11.3. The third-order valence-corrected chi connectivity index (χ3v) is 12.4. The number of para-hydroxylation sites is 1. The van der Waals surface area contributed by atoms with Gasteiger partial charge >= 0.3 is 0 Å². The van der Waals surface area contributed by atoms with E-state index in [4.69, 9.17) is 15.0 Å². The molecule has 0 saturated heterocycles. The zero-order valence-corrected chi connectivity index (χ0v) is 29.0. The number of rotatable bonds is 4. The first-order valence-electron chi connectivity index (χ1n) is 17.2. The van der Waals surface area contributed by atoms with Crippen LogP contribution in [0.3, 0.4) is 0 Å². The molecule has 4 heterocycles. The smallest absolute Gasteiger partial charge is 0.164 e. The maximum atomic E-state index is 4.99. The number of hydrogen-bond donors (Lipinski definition) is 0. The van der Waals surface area contributed by atoms with Crippen molar-refractivity contribution < 1.29 is 0 Å². The SMILES string of the molecule is C1=Cc2sc3ccc4c5ccccc5n(-c5ccc6c(c5)sc5cc(-c7nc(-c8ccccc8)nc(-c8ccccc8)n7)ccc56)c4c3c2CC1. The van der Waals surface area contributed by atoms with Gasteiger partial charge < -0.3 is 4.57 Å². The van der Waals surface area contributed by atoms with Crippen LogP contribution in [0.25, 0.3) is 98.0 Å². The Morgan fingerprint density at radius 2 is 1.16 bits per heavy atom. The molecule has 11 rings (SSSR count). The van der Waals surface area contributed by atoms with Crippen LogP contribution in [0.15, 0.2) is 140 Å². The molecule has 0 amide bonds. The molecule has 51 heavy (non-hydrogen) atoms.